The van der Waals surface area contributed by atoms with Crippen molar-refractivity contribution < 1.29 is 76.6 Å². The summed E-state index contributed by atoms with van der Waals surface area (Å²) in [5, 5.41) is 30.5. The summed E-state index contributed by atoms with van der Waals surface area (Å²) in [6.45, 7) is 1.40. The third-order valence-corrected chi connectivity index (χ3v) is 12.0. The van der Waals surface area contributed by atoms with Gasteiger partial charge in [0.15, 0.2) is 6.10 Å². The van der Waals surface area contributed by atoms with E-state index in [0.717, 1.165) is 57.8 Å². The van der Waals surface area contributed by atoms with E-state index in [4.69, 9.17) is 23.8 Å². The van der Waals surface area contributed by atoms with Crippen LogP contribution in [0.4, 0.5) is 0 Å². The van der Waals surface area contributed by atoms with E-state index in [1.807, 2.05) is 0 Å². The minimum absolute atomic E-state index is 0.0273. The van der Waals surface area contributed by atoms with Crippen molar-refractivity contribution in [2.75, 3.05) is 26.4 Å². The van der Waals surface area contributed by atoms with Crippen molar-refractivity contribution >= 4 is 33.4 Å². The summed E-state index contributed by atoms with van der Waals surface area (Å²) >= 11 is 0. The van der Waals surface area contributed by atoms with Gasteiger partial charge in [-0.25, -0.2) is 9.13 Å². The van der Waals surface area contributed by atoms with E-state index in [2.05, 4.69) is 22.9 Å². The Morgan fingerprint density at radius 1 is 0.683 bits per heavy atom. The minimum atomic E-state index is -4.89. The van der Waals surface area contributed by atoms with Gasteiger partial charge in [-0.15, -0.1) is 0 Å². The zero-order valence-electron chi connectivity index (χ0n) is 36.3. The summed E-state index contributed by atoms with van der Waals surface area (Å²) in [7, 11) is -9.75. The Morgan fingerprint density at radius 2 is 1.18 bits per heavy atom. The van der Waals surface area contributed by atoms with Gasteiger partial charge >= 0.3 is 27.6 Å². The summed E-state index contributed by atoms with van der Waals surface area (Å²) in [6, 6.07) is 0. The lowest BCUT2D eigenvalue weighted by atomic mass is 9.88. The summed E-state index contributed by atoms with van der Waals surface area (Å²) in [4.78, 5) is 65.4. The van der Waals surface area contributed by atoms with Gasteiger partial charge in [-0.05, 0) is 31.6 Å². The number of phosphoric acid groups is 2. The summed E-state index contributed by atoms with van der Waals surface area (Å²) < 4.78 is 47.8. The van der Waals surface area contributed by atoms with Gasteiger partial charge in [0.25, 0.3) is 0 Å². The van der Waals surface area contributed by atoms with Crippen molar-refractivity contribution in [3.8, 4) is 0 Å². The summed E-state index contributed by atoms with van der Waals surface area (Å²) in [6.07, 6.45) is 21.1. The second-order valence-electron chi connectivity index (χ2n) is 16.1. The molecule has 0 aromatic heterocycles. The van der Waals surface area contributed by atoms with Gasteiger partial charge in [-0.2, -0.15) is 0 Å². The van der Waals surface area contributed by atoms with Crippen LogP contribution in [0.1, 0.15) is 174 Å². The second-order valence-corrected chi connectivity index (χ2v) is 18.8. The zero-order valence-corrected chi connectivity index (χ0v) is 38.1. The van der Waals surface area contributed by atoms with Crippen molar-refractivity contribution in [1.29, 1.82) is 0 Å². The Kier molecular flexibility index (Phi) is 31.9. The molecule has 1 unspecified atom stereocenters. The van der Waals surface area contributed by atoms with Crippen LogP contribution in [0.3, 0.4) is 0 Å². The predicted molar refractivity (Wildman–Crippen MR) is 226 cm³/mol. The maximum absolute atomic E-state index is 12.7. The van der Waals surface area contributed by atoms with E-state index in [1.54, 1.807) is 12.2 Å². The number of esters is 2. The highest BCUT2D eigenvalue weighted by Gasteiger charge is 2.39. The number of allylic oxidation sites excluding steroid dienone is 1. The maximum atomic E-state index is 12.7. The highest BCUT2D eigenvalue weighted by Crippen LogP contribution is 2.44. The Labute approximate surface area is 358 Å². The largest absolute Gasteiger partial charge is 0.472 e. The molecule has 18 heteroatoms. The van der Waals surface area contributed by atoms with Crippen molar-refractivity contribution in [3.05, 3.63) is 12.2 Å². The molecule has 1 rings (SSSR count). The van der Waals surface area contributed by atoms with E-state index in [1.165, 1.54) is 51.4 Å². The van der Waals surface area contributed by atoms with Crippen LogP contribution in [0.2, 0.25) is 0 Å². The first kappa shape index (κ1) is 56.5. The number of ether oxygens (including phenoxy) is 2. The van der Waals surface area contributed by atoms with E-state index in [0.29, 0.717) is 32.1 Å². The van der Waals surface area contributed by atoms with Crippen LogP contribution in [-0.4, -0.2) is 98.6 Å². The van der Waals surface area contributed by atoms with Gasteiger partial charge in [0.2, 0.25) is 0 Å². The number of Topliss-reactive ketones (excluding diaryl/α,β-unsaturated/α-hetero) is 1. The molecule has 1 aliphatic rings. The second kappa shape index (κ2) is 33.9. The fourth-order valence-electron chi connectivity index (χ4n) is 7.08. The minimum Gasteiger partial charge on any atom is -0.462 e. The van der Waals surface area contributed by atoms with E-state index < -0.39 is 84.3 Å². The quantitative estimate of drug-likeness (QED) is 0.0148. The van der Waals surface area contributed by atoms with Gasteiger partial charge in [0.1, 0.15) is 18.5 Å². The number of rotatable bonds is 39. The van der Waals surface area contributed by atoms with E-state index >= 15 is 0 Å². The molecule has 6 N–H and O–H groups in total. The number of unbranched alkanes of at least 4 members (excludes halogenated alkanes) is 17. The highest BCUT2D eigenvalue weighted by atomic mass is 31.2. The average Bonchev–Trinajstić information content (AvgIpc) is 3.46. The molecule has 0 saturated heterocycles. The first-order valence-electron chi connectivity index (χ1n) is 22.5. The molecular formula is C42H78O16P2. The first-order chi connectivity index (χ1) is 28.6. The third kappa shape index (κ3) is 30.5. The van der Waals surface area contributed by atoms with Gasteiger partial charge in [0.05, 0.1) is 32.0 Å². The standard InChI is InChI=1S/C42H78O16P2/c1-3-5-7-8-9-10-11-12-13-14-15-16-22-26-42(48)58-36(33-57-60(52,53)56-31-35(44)30-55-59(49,50)51)32-54-41(47)25-21-18-17-20-24-37-38(40(46)29-39(37)45)28-27-34(43)23-19-6-4-2/h27-28,34-39,43-45H,3-26,29-33H2,1-2H3,(H,52,53)(H2,49,50,51)/b28-27+/t34-,35-,36+,37+,38+,39-/m0/s1. The fourth-order valence-corrected chi connectivity index (χ4v) is 8.23. The van der Waals surface area contributed by atoms with Crippen LogP contribution in [0.25, 0.3) is 0 Å². The Bertz CT molecular complexity index is 1280. The Morgan fingerprint density at radius 3 is 1.77 bits per heavy atom. The molecular weight excluding hydrogens is 822 g/mol. The number of hydrogen-bond acceptors (Lipinski definition) is 13. The van der Waals surface area contributed by atoms with Gasteiger partial charge in [-0.3, -0.25) is 28.0 Å². The molecule has 7 atom stereocenters. The Balaban J connectivity index is 2.52. The van der Waals surface area contributed by atoms with Crippen molar-refractivity contribution in [2.45, 2.75) is 199 Å². The molecule has 0 bridgehead atoms. The molecule has 0 aliphatic heterocycles. The zero-order chi connectivity index (χ0) is 44.7. The third-order valence-electron chi connectivity index (χ3n) is 10.6. The van der Waals surface area contributed by atoms with Crippen molar-refractivity contribution in [2.24, 2.45) is 11.8 Å². The van der Waals surface area contributed by atoms with E-state index in [9.17, 15) is 43.7 Å². The number of carbonyl (C=O) groups excluding carboxylic acids is 3. The molecule has 60 heavy (non-hydrogen) atoms. The van der Waals surface area contributed by atoms with Gasteiger partial charge in [0, 0.05) is 25.2 Å². The number of hydrogen-bond donors (Lipinski definition) is 6. The van der Waals surface area contributed by atoms with Crippen molar-refractivity contribution in [1.82, 2.24) is 0 Å². The van der Waals surface area contributed by atoms with Crippen LogP contribution in [0.15, 0.2) is 12.2 Å². The van der Waals surface area contributed by atoms with Crippen LogP contribution < -0.4 is 0 Å². The molecule has 1 aliphatic carbocycles. The molecule has 0 amide bonds. The van der Waals surface area contributed by atoms with E-state index in [-0.39, 0.29) is 31.0 Å². The molecule has 0 aromatic rings. The first-order valence-corrected chi connectivity index (χ1v) is 25.5. The number of aliphatic hydroxyl groups excluding tert-OH is 3. The lowest BCUT2D eigenvalue weighted by Gasteiger charge is -2.20. The molecule has 0 aromatic carbocycles. The molecule has 0 heterocycles. The van der Waals surface area contributed by atoms with Crippen LogP contribution in [-0.2, 0) is 46.6 Å². The SMILES string of the molecule is CCCCCCCCCCCCCCCC(=O)O[C@H](COC(=O)CCCCCC[C@H]1[C@@H](O)CC(=O)[C@@H]1/C=C/[C@@H](O)CCCCC)COP(=O)(O)OC[C@@H](O)COP(=O)(O)O. The monoisotopic (exact) mass is 900 g/mol. The smallest absolute Gasteiger partial charge is 0.462 e. The normalized spacial score (nSPS) is 19.7. The fraction of sp³-hybridized carbons (Fsp3) is 0.881. The molecule has 1 saturated carbocycles. The maximum Gasteiger partial charge on any atom is 0.472 e. The van der Waals surface area contributed by atoms with Gasteiger partial charge in [-0.1, -0.05) is 142 Å². The number of aliphatic hydroxyl groups is 3. The lowest BCUT2D eigenvalue weighted by molar-refractivity contribution is -0.161. The van der Waals surface area contributed by atoms with Crippen LogP contribution >= 0.6 is 15.6 Å². The average molecular weight is 901 g/mol. The highest BCUT2D eigenvalue weighted by molar-refractivity contribution is 7.47. The summed E-state index contributed by atoms with van der Waals surface area (Å²) in [5.74, 6) is -1.86. The summed E-state index contributed by atoms with van der Waals surface area (Å²) in [5.41, 5.74) is 0. The van der Waals surface area contributed by atoms with Crippen LogP contribution in [0.5, 0.6) is 0 Å². The molecule has 1 fully saturated rings. The molecule has 0 radical (unpaired) electrons. The predicted octanol–water partition coefficient (Wildman–Crippen LogP) is 7.93. The van der Waals surface area contributed by atoms with Gasteiger partial charge < -0.3 is 39.5 Å². The topological polar surface area (TPSA) is 253 Å². The number of phosphoric ester groups is 2. The lowest BCUT2D eigenvalue weighted by Crippen LogP contribution is -2.30. The van der Waals surface area contributed by atoms with Crippen LogP contribution in [0, 0.1) is 11.8 Å². The molecule has 16 nitrogen and oxygen atoms in total. The molecule has 352 valence electrons. The molecule has 0 spiro atoms. The number of carbonyl (C=O) groups is 3. The Hall–Kier alpha value is -1.55. The van der Waals surface area contributed by atoms with Crippen molar-refractivity contribution in [3.63, 3.8) is 0 Å². The number of ketones is 1.